The van der Waals surface area contributed by atoms with Gasteiger partial charge < -0.3 is 23.8 Å². The topological polar surface area (TPSA) is 87.4 Å². The van der Waals surface area contributed by atoms with E-state index in [0.717, 1.165) is 85.6 Å². The molecule has 2 atom stereocenters. The smallest absolute Gasteiger partial charge is 0.339 e. The largest absolute Gasteiger partial charge is 0.490 e. The average Bonchev–Trinajstić information content (AvgIpc) is 3.51. The Balaban J connectivity index is 1.54. The molecule has 2 unspecified atom stereocenters. The van der Waals surface area contributed by atoms with E-state index >= 15 is 0 Å². The minimum Gasteiger partial charge on any atom is -0.490 e. The molecular weight excluding hydrogens is 616 g/mol. The molecule has 7 rings (SSSR count). The number of nitrogens with zero attached hydrogens (tertiary/aromatic N) is 4. The SMILES string of the molecule is CCC(C)(C)OC(C(=O)OC)c1c(C)nc2cc3nn2c1N1CCC(C)(CC1)OCCCCC(C)Oc1ccc(C)cc1-c1cccc-3c1. The molecule has 0 spiro atoms. The fraction of sp³-hybridized carbons (Fsp3) is 0.525. The maximum atomic E-state index is 13.5. The van der Waals surface area contributed by atoms with Crippen LogP contribution in [0.2, 0.25) is 0 Å². The van der Waals surface area contributed by atoms with Crippen molar-refractivity contribution in [2.75, 3.05) is 31.7 Å². The maximum Gasteiger partial charge on any atom is 0.339 e. The number of ether oxygens (including phenoxy) is 4. The summed E-state index contributed by atoms with van der Waals surface area (Å²) >= 11 is 0. The number of carbonyl (C=O) groups excluding carboxylic acids is 1. The number of aryl methyl sites for hydroxylation is 2. The highest BCUT2D eigenvalue weighted by Gasteiger charge is 2.39. The summed E-state index contributed by atoms with van der Waals surface area (Å²) in [6.45, 7) is 16.7. The van der Waals surface area contributed by atoms with Gasteiger partial charge in [-0.1, -0.05) is 36.8 Å². The van der Waals surface area contributed by atoms with Crippen LogP contribution in [0.5, 0.6) is 5.75 Å². The molecule has 0 aliphatic carbocycles. The van der Waals surface area contributed by atoms with E-state index < -0.39 is 17.7 Å². The van der Waals surface area contributed by atoms with Gasteiger partial charge in [0.1, 0.15) is 11.6 Å². The van der Waals surface area contributed by atoms with Crippen molar-refractivity contribution >= 4 is 17.4 Å². The minimum absolute atomic E-state index is 0.0788. The van der Waals surface area contributed by atoms with Crippen LogP contribution in [0, 0.1) is 13.8 Å². The standard InChI is InChI=1S/C40H52N4O5/c1-9-39(5,6)49-36(38(45)46-8)35-28(4)41-34-25-32-30-15-12-14-29(24-30)31-23-26(2)16-17-33(31)48-27(3)13-10-11-22-47-40(7)18-20-43(21-19-40)37(35)44(34)42-32/h12,14-17,23-25,27,36H,9-11,13,18-22H2,1-8H3. The van der Waals surface area contributed by atoms with Gasteiger partial charge in [0.15, 0.2) is 11.8 Å². The Morgan fingerprint density at radius 3 is 2.57 bits per heavy atom. The first-order chi connectivity index (χ1) is 23.4. The fourth-order valence-corrected chi connectivity index (χ4v) is 6.88. The molecular formula is C40H52N4O5. The van der Waals surface area contributed by atoms with Gasteiger partial charge in [0.05, 0.1) is 35.7 Å². The van der Waals surface area contributed by atoms with Gasteiger partial charge in [0.2, 0.25) is 0 Å². The van der Waals surface area contributed by atoms with Crippen LogP contribution in [0.1, 0.15) is 96.1 Å². The highest BCUT2D eigenvalue weighted by molar-refractivity contribution is 5.81. The lowest BCUT2D eigenvalue weighted by Gasteiger charge is -2.41. The zero-order valence-corrected chi connectivity index (χ0v) is 30.5. The molecule has 0 N–H and O–H groups in total. The molecule has 3 aliphatic rings. The van der Waals surface area contributed by atoms with E-state index in [-0.39, 0.29) is 11.7 Å². The number of hydrogen-bond donors (Lipinski definition) is 0. The normalized spacial score (nSPS) is 20.9. The fourth-order valence-electron chi connectivity index (χ4n) is 6.88. The van der Waals surface area contributed by atoms with E-state index in [9.17, 15) is 4.79 Å². The Morgan fingerprint density at radius 2 is 1.84 bits per heavy atom. The first-order valence-corrected chi connectivity index (χ1v) is 17.8. The van der Waals surface area contributed by atoms with Crippen molar-refractivity contribution in [3.63, 3.8) is 0 Å². The van der Waals surface area contributed by atoms with Crippen LogP contribution in [0.4, 0.5) is 5.82 Å². The first-order valence-electron chi connectivity index (χ1n) is 17.8. The molecule has 49 heavy (non-hydrogen) atoms. The van der Waals surface area contributed by atoms with Crippen molar-refractivity contribution in [3.05, 3.63) is 65.4 Å². The zero-order chi connectivity index (χ0) is 34.9. The summed E-state index contributed by atoms with van der Waals surface area (Å²) in [5, 5.41) is 5.20. The van der Waals surface area contributed by atoms with Crippen molar-refractivity contribution in [1.82, 2.24) is 14.6 Å². The van der Waals surface area contributed by atoms with Gasteiger partial charge in [0, 0.05) is 42.6 Å². The second-order valence-electron chi connectivity index (χ2n) is 14.7. The summed E-state index contributed by atoms with van der Waals surface area (Å²) in [6, 6.07) is 16.9. The second kappa shape index (κ2) is 14.1. The molecule has 6 bridgehead atoms. The van der Waals surface area contributed by atoms with E-state index in [2.05, 4.69) is 75.1 Å². The molecule has 262 valence electrons. The van der Waals surface area contributed by atoms with Crippen LogP contribution >= 0.6 is 0 Å². The van der Waals surface area contributed by atoms with Crippen LogP contribution in [0.15, 0.2) is 48.5 Å². The molecule has 4 aromatic rings. The third-order valence-electron chi connectivity index (χ3n) is 10.3. The highest BCUT2D eigenvalue weighted by Crippen LogP contribution is 2.40. The van der Waals surface area contributed by atoms with Crippen molar-refractivity contribution in [2.45, 2.75) is 110 Å². The molecule has 0 amide bonds. The summed E-state index contributed by atoms with van der Waals surface area (Å²) in [5.41, 5.74) is 6.34. The molecule has 1 saturated heterocycles. The molecule has 9 nitrogen and oxygen atoms in total. The van der Waals surface area contributed by atoms with E-state index in [1.807, 2.05) is 31.4 Å². The van der Waals surface area contributed by atoms with E-state index in [1.54, 1.807) is 0 Å². The number of aromatic nitrogens is 3. The molecule has 0 radical (unpaired) electrons. The number of methoxy groups -OCH3 is 1. The van der Waals surface area contributed by atoms with Crippen LogP contribution in [0.25, 0.3) is 28.0 Å². The third kappa shape index (κ3) is 7.48. The lowest BCUT2D eigenvalue weighted by Crippen LogP contribution is -2.46. The third-order valence-corrected chi connectivity index (χ3v) is 10.3. The lowest BCUT2D eigenvalue weighted by atomic mass is 9.92. The first kappa shape index (κ1) is 34.9. The average molecular weight is 669 g/mol. The minimum atomic E-state index is -0.972. The van der Waals surface area contributed by atoms with Gasteiger partial charge in [-0.15, -0.1) is 0 Å². The summed E-state index contributed by atoms with van der Waals surface area (Å²) in [6.07, 6.45) is 4.47. The Bertz CT molecular complexity index is 1810. The van der Waals surface area contributed by atoms with Gasteiger partial charge in [-0.3, -0.25) is 0 Å². The van der Waals surface area contributed by atoms with Gasteiger partial charge in [-0.05, 0) is 104 Å². The molecule has 0 saturated carbocycles. The predicted molar refractivity (Wildman–Crippen MR) is 193 cm³/mol. The number of anilines is 1. The highest BCUT2D eigenvalue weighted by atomic mass is 16.6. The van der Waals surface area contributed by atoms with Crippen molar-refractivity contribution < 1.29 is 23.7 Å². The Kier molecular flexibility index (Phi) is 10.1. The van der Waals surface area contributed by atoms with E-state index in [4.69, 9.17) is 29.0 Å². The van der Waals surface area contributed by atoms with E-state index in [0.29, 0.717) is 23.5 Å². The monoisotopic (exact) mass is 668 g/mol. The molecule has 2 aromatic heterocycles. The van der Waals surface area contributed by atoms with Crippen LogP contribution in [-0.2, 0) is 19.0 Å². The van der Waals surface area contributed by atoms with Gasteiger partial charge in [0.25, 0.3) is 0 Å². The molecule has 2 aromatic carbocycles. The number of rotatable bonds is 5. The van der Waals surface area contributed by atoms with Crippen LogP contribution in [-0.4, -0.2) is 64.7 Å². The number of esters is 1. The Labute approximate surface area is 290 Å². The Hall–Kier alpha value is -3.95. The molecule has 9 heteroatoms. The molecule has 5 heterocycles. The Morgan fingerprint density at radius 1 is 1.08 bits per heavy atom. The van der Waals surface area contributed by atoms with Crippen molar-refractivity contribution in [2.24, 2.45) is 0 Å². The molecule has 3 aliphatic heterocycles. The van der Waals surface area contributed by atoms with Gasteiger partial charge >= 0.3 is 5.97 Å². The molecule has 1 fully saturated rings. The number of hydrogen-bond acceptors (Lipinski definition) is 8. The summed E-state index contributed by atoms with van der Waals surface area (Å²) < 4.78 is 27.0. The summed E-state index contributed by atoms with van der Waals surface area (Å²) in [5.74, 6) is 1.23. The van der Waals surface area contributed by atoms with Crippen LogP contribution < -0.4 is 9.64 Å². The second-order valence-corrected chi connectivity index (χ2v) is 14.7. The number of fused-ring (bicyclic) bond motifs is 8. The number of benzene rings is 2. The quantitative estimate of drug-likeness (QED) is 0.196. The van der Waals surface area contributed by atoms with Crippen LogP contribution in [0.3, 0.4) is 0 Å². The zero-order valence-electron chi connectivity index (χ0n) is 30.5. The maximum absolute atomic E-state index is 13.5. The van der Waals surface area contributed by atoms with Crippen molar-refractivity contribution in [3.8, 4) is 28.1 Å². The van der Waals surface area contributed by atoms with Crippen molar-refractivity contribution in [1.29, 1.82) is 0 Å². The summed E-state index contributed by atoms with van der Waals surface area (Å²) in [7, 11) is 1.41. The number of piperidine rings is 1. The summed E-state index contributed by atoms with van der Waals surface area (Å²) in [4.78, 5) is 20.9. The van der Waals surface area contributed by atoms with Gasteiger partial charge in [-0.25, -0.2) is 9.78 Å². The lowest BCUT2D eigenvalue weighted by molar-refractivity contribution is -0.166. The number of carbonyl (C=O) groups is 1. The predicted octanol–water partition coefficient (Wildman–Crippen LogP) is 8.43. The van der Waals surface area contributed by atoms with Gasteiger partial charge in [-0.2, -0.15) is 9.61 Å². The van der Waals surface area contributed by atoms with E-state index in [1.165, 1.54) is 12.7 Å².